The number of rotatable bonds is 2. The molecule has 0 atom stereocenters. The molecule has 0 radical (unpaired) electrons. The van der Waals surface area contributed by atoms with Crippen molar-refractivity contribution in [2.75, 3.05) is 13.1 Å². The number of carboxylic acid groups (broad SMARTS) is 1. The van der Waals surface area contributed by atoms with E-state index in [1.165, 1.54) is 19.5 Å². The molecule has 1 fully saturated rings. The van der Waals surface area contributed by atoms with Crippen LogP contribution >= 0.6 is 0 Å². The van der Waals surface area contributed by atoms with Gasteiger partial charge in [0.25, 0.3) is 0 Å². The van der Waals surface area contributed by atoms with E-state index in [0.29, 0.717) is 5.56 Å². The van der Waals surface area contributed by atoms with Gasteiger partial charge in [0.2, 0.25) is 0 Å². The van der Waals surface area contributed by atoms with Crippen molar-refractivity contribution in [2.24, 2.45) is 0 Å². The molecule has 2 N–H and O–H groups in total. The van der Waals surface area contributed by atoms with E-state index in [1.54, 1.807) is 12.1 Å². The van der Waals surface area contributed by atoms with Gasteiger partial charge in [-0.1, -0.05) is 25.1 Å². The Balaban J connectivity index is 0.000000234. The van der Waals surface area contributed by atoms with Crippen molar-refractivity contribution in [3.63, 3.8) is 0 Å². The lowest BCUT2D eigenvalue weighted by molar-refractivity contribution is 0.0696. The van der Waals surface area contributed by atoms with Crippen LogP contribution in [0.5, 0.6) is 0 Å². The lowest BCUT2D eigenvalue weighted by Gasteiger charge is -2.09. The van der Waals surface area contributed by atoms with Gasteiger partial charge in [0, 0.05) is 0 Å². The van der Waals surface area contributed by atoms with E-state index in [4.69, 9.17) is 5.11 Å². The van der Waals surface area contributed by atoms with Crippen LogP contribution in [0, 0.1) is 0 Å². The summed E-state index contributed by atoms with van der Waals surface area (Å²) in [5.41, 5.74) is 1.30. The van der Waals surface area contributed by atoms with Gasteiger partial charge in [-0.05, 0) is 37.6 Å². The molecule has 0 aromatic heterocycles. The summed E-state index contributed by atoms with van der Waals surface area (Å²) in [4.78, 5) is 10.6. The summed E-state index contributed by atoms with van der Waals surface area (Å²) < 4.78 is 0. The summed E-state index contributed by atoms with van der Waals surface area (Å²) in [7, 11) is 0. The zero-order valence-corrected chi connectivity index (χ0v) is 8.99. The van der Waals surface area contributed by atoms with E-state index < -0.39 is 5.97 Å². The normalized spacial score (nSPS) is 13.4. The van der Waals surface area contributed by atoms with Crippen molar-refractivity contribution in [3.8, 4) is 0 Å². The zero-order chi connectivity index (χ0) is 11.1. The SMILES string of the molecule is C1CNC1.CCc1ccccc1C(=O)O. The third kappa shape index (κ3) is 3.72. The van der Waals surface area contributed by atoms with E-state index in [-0.39, 0.29) is 0 Å². The van der Waals surface area contributed by atoms with Crippen molar-refractivity contribution in [1.82, 2.24) is 5.32 Å². The van der Waals surface area contributed by atoms with Gasteiger partial charge in [0.05, 0.1) is 5.56 Å². The first kappa shape index (κ1) is 11.7. The molecule has 0 spiro atoms. The number of aryl methyl sites for hydroxylation is 1. The molecule has 1 aromatic carbocycles. The number of hydrogen-bond donors (Lipinski definition) is 2. The molecule has 15 heavy (non-hydrogen) atoms. The summed E-state index contributed by atoms with van der Waals surface area (Å²) in [5.74, 6) is -0.845. The molecular weight excluding hydrogens is 190 g/mol. The lowest BCUT2D eigenvalue weighted by Crippen LogP contribution is -2.29. The van der Waals surface area contributed by atoms with Crippen LogP contribution in [0.3, 0.4) is 0 Å². The van der Waals surface area contributed by atoms with Crippen LogP contribution in [0.15, 0.2) is 24.3 Å². The number of carboxylic acids is 1. The summed E-state index contributed by atoms with van der Waals surface area (Å²) in [6.07, 6.45) is 2.16. The minimum absolute atomic E-state index is 0.412. The first-order chi connectivity index (χ1) is 7.25. The van der Waals surface area contributed by atoms with Crippen LogP contribution in [-0.4, -0.2) is 24.2 Å². The molecule has 1 aliphatic heterocycles. The van der Waals surface area contributed by atoms with E-state index in [0.717, 1.165) is 12.0 Å². The van der Waals surface area contributed by atoms with Crippen LogP contribution in [-0.2, 0) is 6.42 Å². The molecule has 3 nitrogen and oxygen atoms in total. The van der Waals surface area contributed by atoms with Gasteiger partial charge in [0.1, 0.15) is 0 Å². The van der Waals surface area contributed by atoms with Crippen molar-refractivity contribution in [1.29, 1.82) is 0 Å². The Hall–Kier alpha value is -1.35. The molecule has 0 amide bonds. The zero-order valence-electron chi connectivity index (χ0n) is 8.99. The van der Waals surface area contributed by atoms with Crippen LogP contribution in [0.25, 0.3) is 0 Å². The third-order valence-electron chi connectivity index (χ3n) is 2.34. The Bertz CT molecular complexity index is 315. The van der Waals surface area contributed by atoms with Crippen molar-refractivity contribution >= 4 is 5.97 Å². The highest BCUT2D eigenvalue weighted by Gasteiger charge is 2.05. The first-order valence-electron chi connectivity index (χ1n) is 5.27. The molecule has 82 valence electrons. The van der Waals surface area contributed by atoms with Gasteiger partial charge >= 0.3 is 5.97 Å². The largest absolute Gasteiger partial charge is 0.478 e. The Morgan fingerprint density at radius 1 is 1.40 bits per heavy atom. The van der Waals surface area contributed by atoms with Gasteiger partial charge in [0.15, 0.2) is 0 Å². The number of benzene rings is 1. The topological polar surface area (TPSA) is 49.3 Å². The lowest BCUT2D eigenvalue weighted by atomic mass is 10.1. The fraction of sp³-hybridized carbons (Fsp3) is 0.417. The maximum Gasteiger partial charge on any atom is 0.335 e. The van der Waals surface area contributed by atoms with Gasteiger partial charge in [-0.3, -0.25) is 0 Å². The molecule has 2 rings (SSSR count). The number of carbonyl (C=O) groups is 1. The Kier molecular flexibility index (Phi) is 4.84. The maximum atomic E-state index is 10.6. The molecule has 0 saturated carbocycles. The van der Waals surface area contributed by atoms with E-state index in [9.17, 15) is 4.79 Å². The average molecular weight is 207 g/mol. The van der Waals surface area contributed by atoms with Crippen molar-refractivity contribution < 1.29 is 9.90 Å². The number of nitrogens with one attached hydrogen (secondary N) is 1. The summed E-state index contributed by atoms with van der Waals surface area (Å²) in [6, 6.07) is 7.05. The third-order valence-corrected chi connectivity index (χ3v) is 2.34. The van der Waals surface area contributed by atoms with Gasteiger partial charge in [-0.15, -0.1) is 0 Å². The van der Waals surface area contributed by atoms with Gasteiger partial charge in [-0.2, -0.15) is 0 Å². The molecule has 1 aliphatic rings. The van der Waals surface area contributed by atoms with Crippen LogP contribution in [0.2, 0.25) is 0 Å². The molecule has 3 heteroatoms. The van der Waals surface area contributed by atoms with Crippen molar-refractivity contribution in [2.45, 2.75) is 19.8 Å². The molecule has 0 aliphatic carbocycles. The van der Waals surface area contributed by atoms with Gasteiger partial charge < -0.3 is 10.4 Å². The van der Waals surface area contributed by atoms with E-state index in [1.807, 2.05) is 19.1 Å². The second-order valence-electron chi connectivity index (χ2n) is 3.42. The van der Waals surface area contributed by atoms with Crippen LogP contribution in [0.4, 0.5) is 0 Å². The Labute approximate surface area is 90.1 Å². The second-order valence-corrected chi connectivity index (χ2v) is 3.42. The molecule has 0 bridgehead atoms. The first-order valence-corrected chi connectivity index (χ1v) is 5.27. The molecule has 0 unspecified atom stereocenters. The highest BCUT2D eigenvalue weighted by molar-refractivity contribution is 5.89. The van der Waals surface area contributed by atoms with E-state index in [2.05, 4.69) is 5.32 Å². The molecule has 1 saturated heterocycles. The highest BCUT2D eigenvalue weighted by Crippen LogP contribution is 2.08. The summed E-state index contributed by atoms with van der Waals surface area (Å²) >= 11 is 0. The fourth-order valence-electron chi connectivity index (χ4n) is 1.21. The Morgan fingerprint density at radius 2 is 1.93 bits per heavy atom. The monoisotopic (exact) mass is 207 g/mol. The minimum Gasteiger partial charge on any atom is -0.478 e. The van der Waals surface area contributed by atoms with E-state index >= 15 is 0 Å². The second kappa shape index (κ2) is 6.19. The van der Waals surface area contributed by atoms with Gasteiger partial charge in [-0.25, -0.2) is 4.79 Å². The predicted octanol–water partition coefficient (Wildman–Crippen LogP) is 1.93. The number of aromatic carboxylic acids is 1. The number of hydrogen-bond acceptors (Lipinski definition) is 2. The predicted molar refractivity (Wildman–Crippen MR) is 60.3 cm³/mol. The quantitative estimate of drug-likeness (QED) is 0.779. The summed E-state index contributed by atoms with van der Waals surface area (Å²) in [6.45, 7) is 4.45. The van der Waals surface area contributed by atoms with Crippen LogP contribution < -0.4 is 5.32 Å². The Morgan fingerprint density at radius 3 is 2.27 bits per heavy atom. The smallest absolute Gasteiger partial charge is 0.335 e. The maximum absolute atomic E-state index is 10.6. The highest BCUT2D eigenvalue weighted by atomic mass is 16.4. The molecular formula is C12H17NO2. The average Bonchev–Trinajstić information content (AvgIpc) is 2.15. The van der Waals surface area contributed by atoms with Crippen molar-refractivity contribution in [3.05, 3.63) is 35.4 Å². The molecule has 1 heterocycles. The standard InChI is InChI=1S/C9H10O2.C3H7N/c1-2-7-5-3-4-6-8(7)9(10)11;1-2-4-3-1/h3-6H,2H2,1H3,(H,10,11);4H,1-3H2. The van der Waals surface area contributed by atoms with Crippen LogP contribution in [0.1, 0.15) is 29.3 Å². The molecule has 1 aromatic rings. The summed E-state index contributed by atoms with van der Waals surface area (Å²) in [5, 5.41) is 11.8. The minimum atomic E-state index is -0.845. The fourth-order valence-corrected chi connectivity index (χ4v) is 1.21.